The Morgan fingerprint density at radius 3 is 2.71 bits per heavy atom. The molecule has 1 amide bonds. The molecule has 1 aliphatic carbocycles. The second kappa shape index (κ2) is 8.99. The van der Waals surface area contributed by atoms with Crippen LogP contribution in [0.5, 0.6) is 0 Å². The lowest BCUT2D eigenvalue weighted by Gasteiger charge is -2.30. The predicted octanol–water partition coefficient (Wildman–Crippen LogP) is 2.65. The van der Waals surface area contributed by atoms with E-state index in [2.05, 4.69) is 11.9 Å². The van der Waals surface area contributed by atoms with Crippen molar-refractivity contribution in [3.63, 3.8) is 0 Å². The van der Waals surface area contributed by atoms with Gasteiger partial charge in [0.05, 0.1) is 18.4 Å². The number of rotatable bonds is 5. The Hall–Kier alpha value is -1.34. The number of piperidine rings is 1. The zero-order chi connectivity index (χ0) is 19.5. The molecule has 0 spiro atoms. The molecule has 4 rings (SSSR count). The second-order valence-corrected chi connectivity index (χ2v) is 9.39. The number of ether oxygens (including phenoxy) is 1. The summed E-state index contributed by atoms with van der Waals surface area (Å²) in [6.45, 7) is 5.37. The number of carbonyl (C=O) groups excluding carboxylic acids is 1. The van der Waals surface area contributed by atoms with E-state index in [1.54, 1.807) is 0 Å². The van der Waals surface area contributed by atoms with Crippen molar-refractivity contribution in [3.05, 3.63) is 21.7 Å². The molecule has 2 aliphatic heterocycles. The number of thioether (sulfide) groups is 1. The summed E-state index contributed by atoms with van der Waals surface area (Å²) in [6.07, 6.45) is 8.49. The molecular formula is C21H31N3O3S. The lowest BCUT2D eigenvalue weighted by molar-refractivity contribution is -0.129. The van der Waals surface area contributed by atoms with Crippen molar-refractivity contribution >= 4 is 17.7 Å². The van der Waals surface area contributed by atoms with E-state index in [4.69, 9.17) is 4.74 Å². The summed E-state index contributed by atoms with van der Waals surface area (Å²) in [6, 6.07) is 0. The fourth-order valence-corrected chi connectivity index (χ4v) is 5.51. The molecule has 3 aliphatic rings. The summed E-state index contributed by atoms with van der Waals surface area (Å²) in [5.74, 6) is 1.26. The minimum atomic E-state index is -0.183. The molecule has 0 bridgehead atoms. The number of aromatic nitrogens is 2. The van der Waals surface area contributed by atoms with E-state index in [0.29, 0.717) is 18.2 Å². The van der Waals surface area contributed by atoms with E-state index in [1.807, 2.05) is 9.47 Å². The molecule has 1 unspecified atom stereocenters. The Balaban J connectivity index is 1.48. The van der Waals surface area contributed by atoms with Gasteiger partial charge in [0.1, 0.15) is 5.03 Å². The third-order valence-electron chi connectivity index (χ3n) is 6.33. The quantitative estimate of drug-likeness (QED) is 0.557. The van der Waals surface area contributed by atoms with E-state index >= 15 is 0 Å². The molecule has 0 saturated carbocycles. The molecule has 1 atom stereocenters. The van der Waals surface area contributed by atoms with E-state index in [-0.39, 0.29) is 17.7 Å². The van der Waals surface area contributed by atoms with Crippen LogP contribution in [0.2, 0.25) is 0 Å². The summed E-state index contributed by atoms with van der Waals surface area (Å²) in [4.78, 5) is 31.7. The highest BCUT2D eigenvalue weighted by atomic mass is 32.2. The van der Waals surface area contributed by atoms with Crippen molar-refractivity contribution in [2.45, 2.75) is 76.0 Å². The maximum Gasteiger partial charge on any atom is 0.348 e. The van der Waals surface area contributed by atoms with Gasteiger partial charge < -0.3 is 9.64 Å². The van der Waals surface area contributed by atoms with Crippen molar-refractivity contribution in [2.75, 3.05) is 25.4 Å². The van der Waals surface area contributed by atoms with Gasteiger partial charge in [-0.3, -0.25) is 9.36 Å². The van der Waals surface area contributed by atoms with Crippen molar-refractivity contribution in [2.24, 2.45) is 5.92 Å². The van der Waals surface area contributed by atoms with Gasteiger partial charge in [0.15, 0.2) is 0 Å². The molecule has 6 nitrogen and oxygen atoms in total. The molecule has 0 aromatic carbocycles. The van der Waals surface area contributed by atoms with E-state index in [0.717, 1.165) is 81.8 Å². The van der Waals surface area contributed by atoms with Gasteiger partial charge in [0.25, 0.3) is 0 Å². The van der Waals surface area contributed by atoms with Gasteiger partial charge in [-0.2, -0.15) is 4.98 Å². The van der Waals surface area contributed by atoms with Gasteiger partial charge >= 0.3 is 5.69 Å². The first kappa shape index (κ1) is 20.0. The van der Waals surface area contributed by atoms with Gasteiger partial charge in [0.2, 0.25) is 5.91 Å². The summed E-state index contributed by atoms with van der Waals surface area (Å²) >= 11 is 1.46. The Kier molecular flexibility index (Phi) is 6.41. The van der Waals surface area contributed by atoms with Gasteiger partial charge in [0, 0.05) is 31.0 Å². The topological polar surface area (TPSA) is 64.4 Å². The fourth-order valence-electron chi connectivity index (χ4n) is 4.53. The van der Waals surface area contributed by atoms with Gasteiger partial charge in [-0.25, -0.2) is 4.79 Å². The first-order valence-electron chi connectivity index (χ1n) is 10.8. The van der Waals surface area contributed by atoms with Crippen LogP contribution in [0.15, 0.2) is 9.82 Å². The van der Waals surface area contributed by atoms with Crippen LogP contribution in [-0.4, -0.2) is 51.9 Å². The molecule has 7 heteroatoms. The molecule has 154 valence electrons. The van der Waals surface area contributed by atoms with Crippen LogP contribution >= 0.6 is 11.8 Å². The standard InChI is InChI=1S/C21H31N3O3S/c1-15-8-10-23(11-9-15)19(25)14-28-20-17-6-2-3-7-18(17)24(21(26)22-20)13-16-5-4-12-27-16/h15-16H,2-14H2,1H3. The van der Waals surface area contributed by atoms with Gasteiger partial charge in [-0.15, -0.1) is 0 Å². The molecule has 0 N–H and O–H groups in total. The lowest BCUT2D eigenvalue weighted by Crippen LogP contribution is -2.39. The smallest absolute Gasteiger partial charge is 0.348 e. The maximum absolute atomic E-state index is 12.8. The van der Waals surface area contributed by atoms with Crippen molar-refractivity contribution < 1.29 is 9.53 Å². The highest BCUT2D eigenvalue weighted by molar-refractivity contribution is 7.99. The van der Waals surface area contributed by atoms with Crippen molar-refractivity contribution in [1.82, 2.24) is 14.5 Å². The number of hydrogen-bond donors (Lipinski definition) is 0. The Morgan fingerprint density at radius 2 is 1.96 bits per heavy atom. The first-order valence-corrected chi connectivity index (χ1v) is 11.7. The summed E-state index contributed by atoms with van der Waals surface area (Å²) < 4.78 is 7.59. The number of likely N-dealkylation sites (tertiary alicyclic amines) is 1. The lowest BCUT2D eigenvalue weighted by atomic mass is 9.97. The fraction of sp³-hybridized carbons (Fsp3) is 0.762. The Labute approximate surface area is 171 Å². The molecule has 3 heterocycles. The Morgan fingerprint density at radius 1 is 1.18 bits per heavy atom. The molecule has 28 heavy (non-hydrogen) atoms. The average Bonchev–Trinajstić information content (AvgIpc) is 3.22. The summed E-state index contributed by atoms with van der Waals surface area (Å²) in [7, 11) is 0. The highest BCUT2D eigenvalue weighted by Gasteiger charge is 2.25. The number of hydrogen-bond acceptors (Lipinski definition) is 5. The first-order chi connectivity index (χ1) is 13.6. The van der Waals surface area contributed by atoms with Gasteiger partial charge in [-0.1, -0.05) is 18.7 Å². The van der Waals surface area contributed by atoms with Crippen LogP contribution in [0.3, 0.4) is 0 Å². The minimum absolute atomic E-state index is 0.132. The largest absolute Gasteiger partial charge is 0.376 e. The third kappa shape index (κ3) is 4.46. The zero-order valence-corrected chi connectivity index (χ0v) is 17.6. The molecule has 1 aromatic rings. The van der Waals surface area contributed by atoms with E-state index in [1.165, 1.54) is 17.3 Å². The highest BCUT2D eigenvalue weighted by Crippen LogP contribution is 2.29. The molecule has 2 saturated heterocycles. The second-order valence-electron chi connectivity index (χ2n) is 8.43. The van der Waals surface area contributed by atoms with Crippen LogP contribution in [0.4, 0.5) is 0 Å². The number of carbonyl (C=O) groups is 1. The number of amides is 1. The molecule has 2 fully saturated rings. The van der Waals surface area contributed by atoms with Gasteiger partial charge in [-0.05, 0) is 57.3 Å². The molecule has 1 aromatic heterocycles. The molecular weight excluding hydrogens is 374 g/mol. The number of nitrogens with zero attached hydrogens (tertiary/aromatic N) is 3. The monoisotopic (exact) mass is 405 g/mol. The van der Waals surface area contributed by atoms with E-state index in [9.17, 15) is 9.59 Å². The van der Waals surface area contributed by atoms with Crippen LogP contribution in [0.25, 0.3) is 0 Å². The predicted molar refractivity (Wildman–Crippen MR) is 110 cm³/mol. The normalized spacial score (nSPS) is 23.0. The number of fused-ring (bicyclic) bond motifs is 1. The average molecular weight is 406 g/mol. The van der Waals surface area contributed by atoms with Crippen molar-refractivity contribution in [3.8, 4) is 0 Å². The van der Waals surface area contributed by atoms with Crippen LogP contribution in [0.1, 0.15) is 56.7 Å². The van der Waals surface area contributed by atoms with Crippen LogP contribution in [0, 0.1) is 5.92 Å². The summed E-state index contributed by atoms with van der Waals surface area (Å²) in [5.41, 5.74) is 2.13. The van der Waals surface area contributed by atoms with E-state index < -0.39 is 0 Å². The van der Waals surface area contributed by atoms with Crippen LogP contribution < -0.4 is 5.69 Å². The molecule has 0 radical (unpaired) electrons. The van der Waals surface area contributed by atoms with Crippen molar-refractivity contribution in [1.29, 1.82) is 0 Å². The summed E-state index contributed by atoms with van der Waals surface area (Å²) in [5, 5.41) is 0.780. The van der Waals surface area contributed by atoms with Crippen LogP contribution in [-0.2, 0) is 28.9 Å². The third-order valence-corrected chi connectivity index (χ3v) is 7.33. The SMILES string of the molecule is CC1CCN(C(=O)CSc2nc(=O)n(CC3CCCO3)c3c2CCCC3)CC1. The zero-order valence-electron chi connectivity index (χ0n) is 16.8. The Bertz CT molecular complexity index is 765. The minimum Gasteiger partial charge on any atom is -0.376 e. The maximum atomic E-state index is 12.8.